The molecule has 0 bridgehead atoms. The summed E-state index contributed by atoms with van der Waals surface area (Å²) >= 11 is 3.66. The van der Waals surface area contributed by atoms with Crippen LogP contribution in [0.25, 0.3) is 10.8 Å². The summed E-state index contributed by atoms with van der Waals surface area (Å²) in [6.07, 6.45) is 1.93. The summed E-state index contributed by atoms with van der Waals surface area (Å²) < 4.78 is 18.6. The highest BCUT2D eigenvalue weighted by Crippen LogP contribution is 2.40. The molecule has 1 N–H and O–H groups in total. The average Bonchev–Trinajstić information content (AvgIpc) is 3.18. The molecule has 1 fully saturated rings. The van der Waals surface area contributed by atoms with E-state index in [4.69, 9.17) is 14.2 Å². The second kappa shape index (κ2) is 8.90. The number of halogens is 1. The zero-order valence-corrected chi connectivity index (χ0v) is 18.8. The smallest absolute Gasteiger partial charge is 0.270 e. The van der Waals surface area contributed by atoms with Crippen LogP contribution in [0.4, 0.5) is 5.69 Å². The van der Waals surface area contributed by atoms with E-state index in [1.165, 1.54) is 11.0 Å². The van der Waals surface area contributed by atoms with Crippen molar-refractivity contribution in [2.24, 2.45) is 0 Å². The highest BCUT2D eigenvalue weighted by Gasteiger charge is 2.39. The molecule has 164 valence electrons. The minimum absolute atomic E-state index is 0.0719. The Hall–Kier alpha value is -2.94. The van der Waals surface area contributed by atoms with E-state index < -0.39 is 0 Å². The highest BCUT2D eigenvalue weighted by atomic mass is 79.9. The fourth-order valence-electron chi connectivity index (χ4n) is 4.35. The first-order valence-corrected chi connectivity index (χ1v) is 11.3. The van der Waals surface area contributed by atoms with Crippen LogP contribution in [0.5, 0.6) is 11.5 Å². The maximum atomic E-state index is 11.3. The lowest BCUT2D eigenvalue weighted by Gasteiger charge is -2.29. The Morgan fingerprint density at radius 1 is 1.16 bits per heavy atom. The van der Waals surface area contributed by atoms with E-state index in [2.05, 4.69) is 22.0 Å². The molecule has 0 amide bonds. The zero-order valence-electron chi connectivity index (χ0n) is 17.3. The molecule has 0 unspecified atom stereocenters. The second-order valence-electron chi connectivity index (χ2n) is 7.80. The Morgan fingerprint density at radius 2 is 1.97 bits per heavy atom. The van der Waals surface area contributed by atoms with Gasteiger partial charge in [0.2, 0.25) is 0 Å². The third kappa shape index (κ3) is 3.97. The average molecular weight is 498 g/mol. The van der Waals surface area contributed by atoms with Crippen LogP contribution in [-0.2, 0) is 4.74 Å². The van der Waals surface area contributed by atoms with Gasteiger partial charge in [0.15, 0.2) is 11.8 Å². The van der Waals surface area contributed by atoms with Gasteiger partial charge in [-0.3, -0.25) is 10.1 Å². The highest BCUT2D eigenvalue weighted by molar-refractivity contribution is 9.10. The molecule has 5 rings (SSSR count). The topological polar surface area (TPSA) is 75.3 Å². The first-order valence-electron chi connectivity index (χ1n) is 10.5. The van der Waals surface area contributed by atoms with Gasteiger partial charge < -0.3 is 19.1 Å². The van der Waals surface area contributed by atoms with Gasteiger partial charge in [-0.25, -0.2) is 0 Å². The zero-order chi connectivity index (χ0) is 22.1. The molecule has 0 spiro atoms. The Labute approximate surface area is 193 Å². The Kier molecular flexibility index (Phi) is 5.82. The molecular formula is C24H22BrN2O5+. The van der Waals surface area contributed by atoms with Gasteiger partial charge in [-0.15, -0.1) is 0 Å². The van der Waals surface area contributed by atoms with Crippen molar-refractivity contribution in [1.82, 2.24) is 0 Å². The molecule has 3 aromatic carbocycles. The molecule has 0 radical (unpaired) electrons. The van der Waals surface area contributed by atoms with Crippen LogP contribution in [0.3, 0.4) is 0 Å². The van der Waals surface area contributed by atoms with Crippen molar-refractivity contribution in [1.29, 1.82) is 0 Å². The Morgan fingerprint density at radius 3 is 2.78 bits per heavy atom. The molecular weight excluding hydrogens is 476 g/mol. The molecule has 7 nitrogen and oxygen atoms in total. The van der Waals surface area contributed by atoms with Crippen molar-refractivity contribution in [3.8, 4) is 11.5 Å². The SMILES string of the molecule is O=[N+]([O-])c1ccc2c(c1)[C@@H]([NH+]1CCOCC1)/C(=C\COc1ccc3ccccc3c1Br)O2. The summed E-state index contributed by atoms with van der Waals surface area (Å²) in [7, 11) is 0. The van der Waals surface area contributed by atoms with Crippen molar-refractivity contribution >= 4 is 32.4 Å². The number of morpholine rings is 1. The predicted octanol–water partition coefficient (Wildman–Crippen LogP) is 3.82. The van der Waals surface area contributed by atoms with Gasteiger partial charge in [0.05, 0.1) is 28.2 Å². The molecule has 0 saturated carbocycles. The molecule has 0 aliphatic carbocycles. The predicted molar refractivity (Wildman–Crippen MR) is 123 cm³/mol. The molecule has 2 aliphatic rings. The van der Waals surface area contributed by atoms with Crippen LogP contribution in [0.2, 0.25) is 0 Å². The number of ether oxygens (including phenoxy) is 3. The van der Waals surface area contributed by atoms with Gasteiger partial charge in [-0.1, -0.05) is 30.3 Å². The standard InChI is InChI=1S/C24H21BrN2O5/c25-23-18-4-2-1-3-16(18)5-7-21(23)31-12-9-22-24(26-10-13-30-14-11-26)19-15-17(27(28)29)6-8-20(19)32-22/h1-9,15,24H,10-14H2/p+1/b22-9+/t24-/m1/s1. The molecule has 1 saturated heterocycles. The molecule has 32 heavy (non-hydrogen) atoms. The lowest BCUT2D eigenvalue weighted by molar-refractivity contribution is -0.933. The normalized spacial score (nSPS) is 19.7. The number of hydrogen-bond acceptors (Lipinski definition) is 5. The number of nitrogens with zero attached hydrogens (tertiary/aromatic N) is 1. The van der Waals surface area contributed by atoms with Crippen LogP contribution in [-0.4, -0.2) is 37.8 Å². The minimum Gasteiger partial charge on any atom is -0.488 e. The number of hydrogen-bond donors (Lipinski definition) is 1. The second-order valence-corrected chi connectivity index (χ2v) is 8.59. The third-order valence-corrected chi connectivity index (χ3v) is 6.74. The Bertz CT molecular complexity index is 1210. The first-order chi connectivity index (χ1) is 15.6. The summed E-state index contributed by atoms with van der Waals surface area (Å²) in [5.74, 6) is 2.18. The van der Waals surface area contributed by atoms with E-state index in [1.807, 2.05) is 36.4 Å². The fourth-order valence-corrected chi connectivity index (χ4v) is 4.96. The largest absolute Gasteiger partial charge is 0.488 e. The van der Waals surface area contributed by atoms with Gasteiger partial charge in [-0.05, 0) is 44.9 Å². The summed E-state index contributed by atoms with van der Waals surface area (Å²) in [5, 5.41) is 13.5. The van der Waals surface area contributed by atoms with E-state index in [0.717, 1.165) is 45.4 Å². The van der Waals surface area contributed by atoms with Gasteiger partial charge in [0, 0.05) is 12.1 Å². The summed E-state index contributed by atoms with van der Waals surface area (Å²) in [6, 6.07) is 16.8. The number of nitro benzene ring substituents is 1. The van der Waals surface area contributed by atoms with E-state index in [0.29, 0.717) is 25.6 Å². The van der Waals surface area contributed by atoms with E-state index in [1.54, 1.807) is 12.1 Å². The molecule has 2 aliphatic heterocycles. The quantitative estimate of drug-likeness (QED) is 0.428. The molecule has 3 aromatic rings. The molecule has 2 heterocycles. The van der Waals surface area contributed by atoms with Crippen molar-refractivity contribution in [3.63, 3.8) is 0 Å². The minimum atomic E-state index is -0.367. The van der Waals surface area contributed by atoms with Crippen molar-refractivity contribution < 1.29 is 24.0 Å². The lowest BCUT2D eigenvalue weighted by Crippen LogP contribution is -3.14. The van der Waals surface area contributed by atoms with E-state index in [-0.39, 0.29) is 16.7 Å². The summed E-state index contributed by atoms with van der Waals surface area (Å²) in [4.78, 5) is 12.2. The summed E-state index contributed by atoms with van der Waals surface area (Å²) in [5.41, 5.74) is 0.914. The van der Waals surface area contributed by atoms with E-state index >= 15 is 0 Å². The van der Waals surface area contributed by atoms with Crippen LogP contribution in [0.1, 0.15) is 11.6 Å². The maximum absolute atomic E-state index is 11.3. The van der Waals surface area contributed by atoms with Gasteiger partial charge >= 0.3 is 0 Å². The van der Waals surface area contributed by atoms with Crippen LogP contribution in [0, 0.1) is 10.1 Å². The fraction of sp³-hybridized carbons (Fsp3) is 0.250. The van der Waals surface area contributed by atoms with Crippen molar-refractivity contribution in [2.75, 3.05) is 32.9 Å². The number of quaternary nitrogens is 1. The lowest BCUT2D eigenvalue weighted by atomic mass is 10.0. The Balaban J connectivity index is 1.41. The first kappa shape index (κ1) is 20.9. The molecule has 0 aromatic heterocycles. The van der Waals surface area contributed by atoms with Crippen molar-refractivity contribution in [3.05, 3.63) is 86.6 Å². The summed E-state index contributed by atoms with van der Waals surface area (Å²) in [6.45, 7) is 3.26. The van der Waals surface area contributed by atoms with Crippen molar-refractivity contribution in [2.45, 2.75) is 6.04 Å². The van der Waals surface area contributed by atoms with Crippen LogP contribution < -0.4 is 14.4 Å². The maximum Gasteiger partial charge on any atom is 0.270 e. The van der Waals surface area contributed by atoms with Gasteiger partial charge in [0.1, 0.15) is 31.2 Å². The van der Waals surface area contributed by atoms with Crippen LogP contribution >= 0.6 is 15.9 Å². The number of rotatable bonds is 5. The number of benzene rings is 3. The van der Waals surface area contributed by atoms with E-state index in [9.17, 15) is 10.1 Å². The monoisotopic (exact) mass is 497 g/mol. The van der Waals surface area contributed by atoms with Gasteiger partial charge in [-0.2, -0.15) is 0 Å². The molecule has 8 heteroatoms. The number of non-ortho nitro benzene ring substituents is 1. The molecule has 1 atom stereocenters. The van der Waals surface area contributed by atoms with Crippen LogP contribution in [0.15, 0.2) is 70.9 Å². The number of nitrogens with one attached hydrogen (secondary N) is 1. The van der Waals surface area contributed by atoms with Gasteiger partial charge in [0.25, 0.3) is 5.69 Å². The number of nitro groups is 1. The number of fused-ring (bicyclic) bond motifs is 2. The third-order valence-electron chi connectivity index (χ3n) is 5.92.